The van der Waals surface area contributed by atoms with E-state index in [9.17, 15) is 0 Å². The Bertz CT molecular complexity index is 414. The van der Waals surface area contributed by atoms with Gasteiger partial charge >= 0.3 is 0 Å². The smallest absolute Gasteiger partial charge is 0.0186 e. The number of benzene rings is 2. The third kappa shape index (κ3) is 5.92. The second-order valence-corrected chi connectivity index (χ2v) is 5.16. The summed E-state index contributed by atoms with van der Waals surface area (Å²) in [7, 11) is 3.58. The van der Waals surface area contributed by atoms with Gasteiger partial charge in [-0.2, -0.15) is 0 Å². The molecule has 0 heterocycles. The van der Waals surface area contributed by atoms with Gasteiger partial charge in [0.15, 0.2) is 0 Å². The van der Waals surface area contributed by atoms with Gasteiger partial charge in [0.05, 0.1) is 0 Å². The van der Waals surface area contributed by atoms with Crippen LogP contribution >= 0.6 is 21.6 Å². The quantitative estimate of drug-likeness (QED) is 0.323. The minimum atomic E-state index is 1.29. The van der Waals surface area contributed by atoms with Crippen molar-refractivity contribution in [2.24, 2.45) is 0 Å². The summed E-state index contributed by atoms with van der Waals surface area (Å²) in [6.07, 6.45) is 0. The van der Waals surface area contributed by atoms with Crippen LogP contribution in [0.5, 0.6) is 0 Å². The summed E-state index contributed by atoms with van der Waals surface area (Å²) in [6.45, 7) is 0. The van der Waals surface area contributed by atoms with Crippen LogP contribution in [0.2, 0.25) is 0 Å². The Balaban J connectivity index is 0.000000437. The van der Waals surface area contributed by atoms with Gasteiger partial charge in [-0.3, -0.25) is 4.91 Å². The van der Waals surface area contributed by atoms with Gasteiger partial charge in [0.2, 0.25) is 0 Å². The Morgan fingerprint density at radius 2 is 0.941 bits per heavy atom. The van der Waals surface area contributed by atoms with E-state index in [1.54, 1.807) is 21.6 Å². The molecule has 0 radical (unpaired) electrons. The molecule has 2 aromatic carbocycles. The topological polar surface area (TPSA) is 58.7 Å². The fourth-order valence-corrected chi connectivity index (χ4v) is 3.02. The normalized spacial score (nSPS) is 8.71. The van der Waals surface area contributed by atoms with Gasteiger partial charge in [0, 0.05) is 9.79 Å². The first-order valence-electron chi connectivity index (χ1n) is 4.80. The van der Waals surface area contributed by atoms with Crippen molar-refractivity contribution in [2.45, 2.75) is 9.79 Å². The highest BCUT2D eigenvalue weighted by atomic mass is 33.1. The van der Waals surface area contributed by atoms with Crippen molar-refractivity contribution >= 4 is 21.6 Å². The van der Waals surface area contributed by atoms with E-state index in [1.165, 1.54) is 14.7 Å². The van der Waals surface area contributed by atoms with Gasteiger partial charge in [0.1, 0.15) is 0 Å². The van der Waals surface area contributed by atoms with Crippen LogP contribution in [0.15, 0.2) is 70.5 Å². The largest absolute Gasteiger partial charge is 0.373 e. The molecule has 0 bridgehead atoms. The number of nitrogens with zero attached hydrogens (tertiary/aromatic N) is 3. The van der Waals surface area contributed by atoms with Crippen molar-refractivity contribution in [1.29, 1.82) is 0 Å². The highest BCUT2D eigenvalue weighted by Crippen LogP contribution is 2.36. The molecule has 0 spiro atoms. The zero-order chi connectivity index (χ0) is 12.3. The summed E-state index contributed by atoms with van der Waals surface area (Å²) in [5.74, 6) is 0. The summed E-state index contributed by atoms with van der Waals surface area (Å²) < 4.78 is 0. The van der Waals surface area contributed by atoms with Crippen LogP contribution in [0.3, 0.4) is 0 Å². The van der Waals surface area contributed by atoms with Gasteiger partial charge < -0.3 is 11.1 Å². The fourth-order valence-electron chi connectivity index (χ4n) is 1.05. The highest BCUT2D eigenvalue weighted by molar-refractivity contribution is 8.76. The molecule has 0 fully saturated rings. The first-order chi connectivity index (χ1) is 8.36. The molecule has 0 unspecified atom stereocenters. The molecule has 0 aromatic heterocycles. The monoisotopic (exact) mass is 260 g/mol. The fraction of sp³-hybridized carbons (Fsp3) is 0. The maximum absolute atomic E-state index is 6.75. The van der Waals surface area contributed by atoms with Crippen LogP contribution in [0.1, 0.15) is 0 Å². The molecule has 0 atom stereocenters. The molecule has 2 rings (SSSR count). The van der Waals surface area contributed by atoms with Crippen molar-refractivity contribution in [3.05, 3.63) is 76.6 Å². The molecule has 0 aliphatic rings. The van der Waals surface area contributed by atoms with E-state index < -0.39 is 0 Å². The number of hydrogen-bond acceptors (Lipinski definition) is 2. The van der Waals surface area contributed by atoms with Crippen molar-refractivity contribution in [2.75, 3.05) is 0 Å². The predicted octanol–water partition coefficient (Wildman–Crippen LogP) is 5.35. The van der Waals surface area contributed by atoms with Gasteiger partial charge in [-0.05, 0) is 24.3 Å². The molecule has 3 nitrogen and oxygen atoms in total. The molecule has 0 aliphatic heterocycles. The zero-order valence-corrected chi connectivity index (χ0v) is 10.6. The average molecular weight is 260 g/mol. The Morgan fingerprint density at radius 1 is 0.647 bits per heavy atom. The molecule has 2 aromatic rings. The Labute approximate surface area is 108 Å². The third-order valence-electron chi connectivity index (χ3n) is 1.72. The molecule has 5 heteroatoms. The van der Waals surface area contributed by atoms with E-state index in [0.29, 0.717) is 0 Å². The molecule has 0 aliphatic carbocycles. The predicted molar refractivity (Wildman–Crippen MR) is 74.7 cm³/mol. The number of rotatable bonds is 3. The van der Waals surface area contributed by atoms with Gasteiger partial charge in [-0.25, -0.2) is 0 Å². The SMILES string of the molecule is [N-]=[N+]=[N-].c1ccc(SSc2ccccc2)cc1. The van der Waals surface area contributed by atoms with Crippen LogP contribution in [-0.2, 0) is 0 Å². The van der Waals surface area contributed by atoms with Crippen molar-refractivity contribution in [3.63, 3.8) is 0 Å². The van der Waals surface area contributed by atoms with Crippen LogP contribution in [0, 0.1) is 0 Å². The van der Waals surface area contributed by atoms with E-state index in [2.05, 4.69) is 48.5 Å². The van der Waals surface area contributed by atoms with E-state index >= 15 is 0 Å². The average Bonchev–Trinajstić information content (AvgIpc) is 2.40. The molecule has 0 N–H and O–H groups in total. The summed E-state index contributed by atoms with van der Waals surface area (Å²) in [6, 6.07) is 20.8. The van der Waals surface area contributed by atoms with E-state index in [4.69, 9.17) is 11.1 Å². The van der Waals surface area contributed by atoms with Crippen LogP contribution in [-0.4, -0.2) is 0 Å². The van der Waals surface area contributed by atoms with Crippen LogP contribution in [0.25, 0.3) is 16.0 Å². The number of hydrogen-bond donors (Lipinski definition) is 0. The maximum atomic E-state index is 6.75. The highest BCUT2D eigenvalue weighted by Gasteiger charge is 1.94. The lowest BCUT2D eigenvalue weighted by atomic mass is 10.4. The zero-order valence-electron chi connectivity index (χ0n) is 8.93. The lowest BCUT2D eigenvalue weighted by Gasteiger charge is -1.99. The summed E-state index contributed by atoms with van der Waals surface area (Å²) in [5.41, 5.74) is 13.5. The molecular formula is C12H10N3S2-. The van der Waals surface area contributed by atoms with Crippen molar-refractivity contribution in [1.82, 2.24) is 0 Å². The van der Waals surface area contributed by atoms with Crippen molar-refractivity contribution < 1.29 is 0 Å². The van der Waals surface area contributed by atoms with Crippen molar-refractivity contribution in [3.8, 4) is 0 Å². The molecule has 0 saturated carbocycles. The van der Waals surface area contributed by atoms with E-state index in [0.717, 1.165) is 0 Å². The third-order valence-corrected chi connectivity index (χ3v) is 4.14. The minimum absolute atomic E-state index is 1.29. The van der Waals surface area contributed by atoms with Crippen LogP contribution in [0.4, 0.5) is 0 Å². The Kier molecular flexibility index (Phi) is 6.82. The van der Waals surface area contributed by atoms with Gasteiger partial charge in [-0.15, -0.1) is 0 Å². The summed E-state index contributed by atoms with van der Waals surface area (Å²) in [4.78, 5) is 4.09. The molecular weight excluding hydrogens is 250 g/mol. The van der Waals surface area contributed by atoms with Gasteiger partial charge in [-0.1, -0.05) is 58.0 Å². The standard InChI is InChI=1S/C12H10S2.N3/c1-3-7-11(8-4-1)13-14-12-9-5-2-6-10-12;1-3-2/h1-10H;/q;-1. The minimum Gasteiger partial charge on any atom is -0.373 e. The lowest BCUT2D eigenvalue weighted by molar-refractivity contribution is 1.47. The Hall–Kier alpha value is -1.55. The first kappa shape index (κ1) is 13.5. The van der Waals surface area contributed by atoms with E-state index in [1.807, 2.05) is 12.1 Å². The molecule has 17 heavy (non-hydrogen) atoms. The molecule has 0 amide bonds. The summed E-state index contributed by atoms with van der Waals surface area (Å²) >= 11 is 0. The lowest BCUT2D eigenvalue weighted by Crippen LogP contribution is -1.67. The summed E-state index contributed by atoms with van der Waals surface area (Å²) in [5, 5.41) is 0. The Morgan fingerprint density at radius 3 is 1.24 bits per heavy atom. The first-order valence-corrected chi connectivity index (χ1v) is 6.95. The van der Waals surface area contributed by atoms with E-state index in [-0.39, 0.29) is 0 Å². The second kappa shape index (κ2) is 8.58. The van der Waals surface area contributed by atoms with Crippen LogP contribution < -0.4 is 0 Å². The van der Waals surface area contributed by atoms with Gasteiger partial charge in [0.25, 0.3) is 0 Å². The maximum Gasteiger partial charge on any atom is 0.0186 e. The molecule has 86 valence electrons. The molecule has 0 saturated heterocycles. The second-order valence-electron chi connectivity index (χ2n) is 2.88.